The minimum atomic E-state index is -0.640. The maximum absolute atomic E-state index is 12.9. The molecule has 0 bridgehead atoms. The minimum Gasteiger partial charge on any atom is -0.487 e. The smallest absolute Gasteiger partial charge is 0.329 e. The second-order valence-corrected chi connectivity index (χ2v) is 10.9. The van der Waals surface area contributed by atoms with E-state index in [9.17, 15) is 14.4 Å². The zero-order valence-corrected chi connectivity index (χ0v) is 24.8. The second-order valence-electron chi connectivity index (χ2n) is 8.13. The molecule has 10 heteroatoms. The monoisotopic (exact) mass is 741 g/mol. The van der Waals surface area contributed by atoms with E-state index >= 15 is 0 Å². The van der Waals surface area contributed by atoms with Crippen molar-refractivity contribution in [2.45, 2.75) is 20.0 Å². The number of imide groups is 1. The summed E-state index contributed by atoms with van der Waals surface area (Å²) in [6.45, 7) is 1.92. The lowest BCUT2D eigenvalue weighted by Gasteiger charge is -2.14. The summed E-state index contributed by atoms with van der Waals surface area (Å²) in [6.07, 6.45) is 2.33. The van der Waals surface area contributed by atoms with Crippen molar-refractivity contribution in [1.82, 2.24) is 10.2 Å². The van der Waals surface area contributed by atoms with Crippen molar-refractivity contribution >= 4 is 86.4 Å². The standard InChI is InChI=1S/C27H22ClI2N3O4/c1-2-17-7-4-6-10-22(17)31-24(34)14-33-26(35)23(32-27(33)36)13-16-11-20(29)25(21(30)12-16)37-15-18-8-3-5-9-19(18)28/h3-13H,2,14-15H2,1H3,(H,31,34)(H,32,36)/b23-13+. The molecule has 190 valence electrons. The van der Waals surface area contributed by atoms with E-state index in [0.717, 1.165) is 29.6 Å². The number of nitrogens with one attached hydrogen (secondary N) is 2. The molecular formula is C27H22ClI2N3O4. The molecule has 0 radical (unpaired) electrons. The molecule has 1 fully saturated rings. The van der Waals surface area contributed by atoms with Gasteiger partial charge in [0.05, 0.1) is 7.14 Å². The highest BCUT2D eigenvalue weighted by Crippen LogP contribution is 2.31. The fourth-order valence-corrected chi connectivity index (χ4v) is 6.05. The number of ether oxygens (including phenoxy) is 1. The average molecular weight is 742 g/mol. The Morgan fingerprint density at radius 3 is 2.38 bits per heavy atom. The van der Waals surface area contributed by atoms with E-state index in [2.05, 4.69) is 55.8 Å². The van der Waals surface area contributed by atoms with Gasteiger partial charge >= 0.3 is 6.03 Å². The minimum absolute atomic E-state index is 0.100. The number of halogens is 3. The first-order chi connectivity index (χ1) is 17.8. The summed E-state index contributed by atoms with van der Waals surface area (Å²) in [5.41, 5.74) is 3.33. The molecule has 1 saturated heterocycles. The lowest BCUT2D eigenvalue weighted by atomic mass is 10.1. The van der Waals surface area contributed by atoms with Crippen molar-refractivity contribution in [2.24, 2.45) is 0 Å². The number of nitrogens with zero attached hydrogens (tertiary/aromatic N) is 1. The normalized spacial score (nSPS) is 14.2. The molecule has 1 heterocycles. The highest BCUT2D eigenvalue weighted by molar-refractivity contribution is 14.1. The van der Waals surface area contributed by atoms with Gasteiger partial charge in [-0.3, -0.25) is 9.59 Å². The molecule has 0 unspecified atom stereocenters. The topological polar surface area (TPSA) is 87.7 Å². The first kappa shape index (κ1) is 27.4. The second kappa shape index (κ2) is 12.3. The summed E-state index contributed by atoms with van der Waals surface area (Å²) in [7, 11) is 0. The maximum atomic E-state index is 12.9. The summed E-state index contributed by atoms with van der Waals surface area (Å²) in [5, 5.41) is 5.99. The van der Waals surface area contributed by atoms with Crippen LogP contribution in [0.25, 0.3) is 6.08 Å². The van der Waals surface area contributed by atoms with E-state index in [1.165, 1.54) is 0 Å². The number of rotatable bonds is 8. The van der Waals surface area contributed by atoms with Gasteiger partial charge in [0.15, 0.2) is 0 Å². The molecule has 0 aromatic heterocycles. The molecule has 0 saturated carbocycles. The predicted molar refractivity (Wildman–Crippen MR) is 160 cm³/mol. The third-order valence-electron chi connectivity index (χ3n) is 5.60. The van der Waals surface area contributed by atoms with E-state index in [-0.39, 0.29) is 12.2 Å². The van der Waals surface area contributed by atoms with Gasteiger partial charge in [-0.05, 0) is 93.1 Å². The number of hydrogen-bond acceptors (Lipinski definition) is 4. The number of amides is 4. The Bertz CT molecular complexity index is 1390. The van der Waals surface area contributed by atoms with Crippen molar-refractivity contribution in [3.05, 3.63) is 95.2 Å². The Morgan fingerprint density at radius 2 is 1.70 bits per heavy atom. The maximum Gasteiger partial charge on any atom is 0.329 e. The van der Waals surface area contributed by atoms with Gasteiger partial charge in [0.1, 0.15) is 24.6 Å². The fourth-order valence-electron chi connectivity index (χ4n) is 3.73. The third kappa shape index (κ3) is 6.63. The van der Waals surface area contributed by atoms with E-state index < -0.39 is 17.8 Å². The zero-order valence-electron chi connectivity index (χ0n) is 19.7. The van der Waals surface area contributed by atoms with E-state index in [4.69, 9.17) is 16.3 Å². The molecule has 4 rings (SSSR count). The molecule has 1 aliphatic rings. The van der Waals surface area contributed by atoms with Gasteiger partial charge in [0, 0.05) is 16.3 Å². The summed E-state index contributed by atoms with van der Waals surface area (Å²) in [5.74, 6) is -0.307. The van der Waals surface area contributed by atoms with Crippen LogP contribution in [0.2, 0.25) is 5.02 Å². The number of benzene rings is 3. The lowest BCUT2D eigenvalue weighted by Crippen LogP contribution is -2.38. The number of para-hydroxylation sites is 1. The first-order valence-electron chi connectivity index (χ1n) is 11.3. The van der Waals surface area contributed by atoms with Crippen LogP contribution < -0.4 is 15.4 Å². The molecule has 37 heavy (non-hydrogen) atoms. The Labute approximate surface area is 246 Å². The zero-order chi connectivity index (χ0) is 26.5. The molecule has 0 atom stereocenters. The van der Waals surface area contributed by atoms with Crippen molar-refractivity contribution in [2.75, 3.05) is 11.9 Å². The number of urea groups is 1. The molecule has 3 aromatic rings. The van der Waals surface area contributed by atoms with Gasteiger partial charge < -0.3 is 15.4 Å². The van der Waals surface area contributed by atoms with Crippen LogP contribution in [0.4, 0.5) is 10.5 Å². The quantitative estimate of drug-likeness (QED) is 0.163. The van der Waals surface area contributed by atoms with E-state index in [0.29, 0.717) is 28.6 Å². The molecule has 4 amide bonds. The number of aryl methyl sites for hydroxylation is 1. The van der Waals surface area contributed by atoms with Crippen molar-refractivity contribution in [1.29, 1.82) is 0 Å². The van der Waals surface area contributed by atoms with Gasteiger partial charge in [-0.2, -0.15) is 0 Å². The molecule has 7 nitrogen and oxygen atoms in total. The van der Waals surface area contributed by atoms with Crippen molar-refractivity contribution in [3.63, 3.8) is 0 Å². The Kier molecular flexibility index (Phi) is 9.08. The molecule has 2 N–H and O–H groups in total. The first-order valence-corrected chi connectivity index (χ1v) is 13.9. The molecule has 0 spiro atoms. The van der Waals surface area contributed by atoms with Crippen LogP contribution >= 0.6 is 56.8 Å². The SMILES string of the molecule is CCc1ccccc1NC(=O)CN1C(=O)N/C(=C/c2cc(I)c(OCc3ccccc3Cl)c(I)c2)C1=O. The summed E-state index contributed by atoms with van der Waals surface area (Å²) < 4.78 is 7.69. The Morgan fingerprint density at radius 1 is 1.05 bits per heavy atom. The predicted octanol–water partition coefficient (Wildman–Crippen LogP) is 6.22. The van der Waals surface area contributed by atoms with E-state index in [1.807, 2.05) is 61.5 Å². The Balaban J connectivity index is 1.45. The van der Waals surface area contributed by atoms with Crippen molar-refractivity contribution < 1.29 is 19.1 Å². The largest absolute Gasteiger partial charge is 0.487 e. The fraction of sp³-hybridized carbons (Fsp3) is 0.148. The number of hydrogen-bond donors (Lipinski definition) is 2. The van der Waals surface area contributed by atoms with Gasteiger partial charge in [-0.1, -0.05) is 54.9 Å². The number of anilines is 1. The van der Waals surface area contributed by atoms with Gasteiger partial charge in [0.25, 0.3) is 5.91 Å². The van der Waals surface area contributed by atoms with Gasteiger partial charge in [0.2, 0.25) is 5.91 Å². The summed E-state index contributed by atoms with van der Waals surface area (Å²) >= 11 is 10.6. The molecular weight excluding hydrogens is 720 g/mol. The van der Waals surface area contributed by atoms with Crippen LogP contribution in [0.1, 0.15) is 23.6 Å². The highest BCUT2D eigenvalue weighted by atomic mass is 127. The van der Waals surface area contributed by atoms with Crippen LogP contribution in [-0.4, -0.2) is 29.3 Å². The summed E-state index contributed by atoms with van der Waals surface area (Å²) in [4.78, 5) is 38.9. The molecule has 1 aliphatic heterocycles. The van der Waals surface area contributed by atoms with Crippen molar-refractivity contribution in [3.8, 4) is 5.75 Å². The van der Waals surface area contributed by atoms with E-state index in [1.54, 1.807) is 12.1 Å². The lowest BCUT2D eigenvalue weighted by molar-refractivity contribution is -0.127. The number of carbonyl (C=O) groups excluding carboxylic acids is 3. The van der Waals surface area contributed by atoms with Crippen LogP contribution in [-0.2, 0) is 22.6 Å². The van der Waals surface area contributed by atoms with Crippen LogP contribution in [0.15, 0.2) is 66.4 Å². The van der Waals surface area contributed by atoms with Gasteiger partial charge in [-0.25, -0.2) is 9.69 Å². The van der Waals surface area contributed by atoms with Crippen LogP contribution in [0.3, 0.4) is 0 Å². The number of carbonyl (C=O) groups is 3. The van der Waals surface area contributed by atoms with Gasteiger partial charge in [-0.15, -0.1) is 0 Å². The summed E-state index contributed by atoms with van der Waals surface area (Å²) in [6, 6.07) is 18.0. The third-order valence-corrected chi connectivity index (χ3v) is 7.57. The van der Waals surface area contributed by atoms with Crippen LogP contribution in [0.5, 0.6) is 5.75 Å². The molecule has 3 aromatic carbocycles. The highest BCUT2D eigenvalue weighted by Gasteiger charge is 2.35. The average Bonchev–Trinajstić information content (AvgIpc) is 3.12. The Hall–Kier alpha value is -2.64. The molecule has 0 aliphatic carbocycles. The van der Waals surface area contributed by atoms with Crippen LogP contribution in [0, 0.1) is 7.14 Å².